The molecule has 0 unspecified atom stereocenters. The molecule has 11 nitrogen and oxygen atoms in total. The summed E-state index contributed by atoms with van der Waals surface area (Å²) in [6, 6.07) is 6.57. The Labute approximate surface area is 176 Å². The highest BCUT2D eigenvalue weighted by atomic mass is 16.2. The lowest BCUT2D eigenvalue weighted by Gasteiger charge is -2.20. The van der Waals surface area contributed by atoms with Gasteiger partial charge in [-0.2, -0.15) is 14.9 Å². The van der Waals surface area contributed by atoms with Crippen LogP contribution in [-0.2, 0) is 11.3 Å². The summed E-state index contributed by atoms with van der Waals surface area (Å²) in [6.07, 6.45) is 5.21. The average Bonchev–Trinajstić information content (AvgIpc) is 3.36. The van der Waals surface area contributed by atoms with Gasteiger partial charge in [-0.15, -0.1) is 0 Å². The lowest BCUT2D eigenvalue weighted by Crippen LogP contribution is -2.47. The summed E-state index contributed by atoms with van der Waals surface area (Å²) in [5, 5.41) is 12.1. The molecule has 1 atom stereocenters. The average molecular weight is 417 g/mol. The van der Waals surface area contributed by atoms with Gasteiger partial charge in [-0.3, -0.25) is 14.5 Å². The van der Waals surface area contributed by atoms with Gasteiger partial charge >= 0.3 is 0 Å². The van der Waals surface area contributed by atoms with Crippen molar-refractivity contribution in [1.29, 1.82) is 0 Å². The minimum atomic E-state index is -0.709. The minimum absolute atomic E-state index is 0.0431. The van der Waals surface area contributed by atoms with Crippen LogP contribution in [0.25, 0.3) is 16.9 Å². The molecule has 156 valence electrons. The van der Waals surface area contributed by atoms with Crippen LogP contribution < -0.4 is 10.2 Å². The zero-order valence-electron chi connectivity index (χ0n) is 16.9. The summed E-state index contributed by atoms with van der Waals surface area (Å²) in [7, 11) is 1.67. The van der Waals surface area contributed by atoms with E-state index in [2.05, 4.69) is 30.5 Å². The van der Waals surface area contributed by atoms with Crippen LogP contribution in [0, 0.1) is 6.92 Å². The van der Waals surface area contributed by atoms with E-state index in [4.69, 9.17) is 0 Å². The van der Waals surface area contributed by atoms with E-state index in [0.717, 1.165) is 5.69 Å². The van der Waals surface area contributed by atoms with Crippen LogP contribution in [0.5, 0.6) is 0 Å². The van der Waals surface area contributed by atoms with E-state index in [-0.39, 0.29) is 11.7 Å². The smallest absolute Gasteiger partial charge is 0.289 e. The van der Waals surface area contributed by atoms with Crippen LogP contribution in [0.4, 0.5) is 5.82 Å². The SMILES string of the molecule is Cc1cc2n(n1)CC[C@H](NC(=O)c1ncc3cnn(-c4ccccn4)c3n1)C(=O)N2C. The Bertz CT molecular complexity index is 1290. The van der Waals surface area contributed by atoms with Crippen LogP contribution in [0.1, 0.15) is 22.7 Å². The first kappa shape index (κ1) is 18.9. The fourth-order valence-electron chi connectivity index (χ4n) is 3.62. The number of amides is 2. The Morgan fingerprint density at radius 3 is 2.90 bits per heavy atom. The van der Waals surface area contributed by atoms with Crippen LogP contribution >= 0.6 is 0 Å². The number of nitrogens with one attached hydrogen (secondary N) is 1. The number of hydrogen-bond donors (Lipinski definition) is 1. The maximum absolute atomic E-state index is 12.9. The number of aromatic nitrogens is 7. The van der Waals surface area contributed by atoms with Crippen LogP contribution in [0.3, 0.4) is 0 Å². The molecule has 0 aliphatic carbocycles. The first-order valence-corrected chi connectivity index (χ1v) is 9.76. The first-order valence-electron chi connectivity index (χ1n) is 9.76. The summed E-state index contributed by atoms with van der Waals surface area (Å²) >= 11 is 0. The number of aryl methyl sites for hydroxylation is 2. The van der Waals surface area contributed by atoms with E-state index in [0.29, 0.717) is 35.6 Å². The molecule has 0 spiro atoms. The maximum atomic E-state index is 12.9. The molecule has 0 radical (unpaired) electrons. The Kier molecular flexibility index (Phi) is 4.42. The number of nitrogens with zero attached hydrogens (tertiary/aromatic N) is 8. The summed E-state index contributed by atoms with van der Waals surface area (Å²) in [5.74, 6) is 0.493. The minimum Gasteiger partial charge on any atom is -0.337 e. The molecule has 4 aromatic rings. The highest BCUT2D eigenvalue weighted by Gasteiger charge is 2.31. The molecule has 1 aliphatic heterocycles. The number of rotatable bonds is 3. The molecule has 1 N–H and O–H groups in total. The third-order valence-corrected chi connectivity index (χ3v) is 5.17. The zero-order valence-corrected chi connectivity index (χ0v) is 16.9. The summed E-state index contributed by atoms with van der Waals surface area (Å²) in [5.41, 5.74) is 1.29. The van der Waals surface area contributed by atoms with Crippen molar-refractivity contribution in [2.24, 2.45) is 0 Å². The zero-order chi connectivity index (χ0) is 21.5. The quantitative estimate of drug-likeness (QED) is 0.525. The first-order chi connectivity index (χ1) is 15.0. The van der Waals surface area contributed by atoms with Crippen molar-refractivity contribution in [2.75, 3.05) is 11.9 Å². The summed E-state index contributed by atoms with van der Waals surface area (Å²) < 4.78 is 3.31. The van der Waals surface area contributed by atoms with Crippen LogP contribution in [0.2, 0.25) is 0 Å². The molecule has 0 fully saturated rings. The number of pyridine rings is 1. The molecule has 1 aliphatic rings. The van der Waals surface area contributed by atoms with Gasteiger partial charge in [0.1, 0.15) is 11.9 Å². The molecule has 5 rings (SSSR count). The summed E-state index contributed by atoms with van der Waals surface area (Å²) in [6.45, 7) is 2.39. The van der Waals surface area contributed by atoms with Gasteiger partial charge in [0.25, 0.3) is 11.8 Å². The van der Waals surface area contributed by atoms with Gasteiger partial charge in [0.2, 0.25) is 5.82 Å². The molecule has 11 heteroatoms. The normalized spacial score (nSPS) is 16.3. The van der Waals surface area contributed by atoms with E-state index >= 15 is 0 Å². The Morgan fingerprint density at radius 2 is 2.10 bits per heavy atom. The fourth-order valence-corrected chi connectivity index (χ4v) is 3.62. The van der Waals surface area contributed by atoms with Crippen molar-refractivity contribution in [2.45, 2.75) is 25.9 Å². The predicted octanol–water partition coefficient (Wildman–Crippen LogP) is 0.881. The van der Waals surface area contributed by atoms with E-state index in [9.17, 15) is 9.59 Å². The predicted molar refractivity (Wildman–Crippen MR) is 111 cm³/mol. The van der Waals surface area contributed by atoms with Gasteiger partial charge in [0, 0.05) is 32.1 Å². The molecule has 0 saturated heterocycles. The second-order valence-electron chi connectivity index (χ2n) is 7.30. The van der Waals surface area contributed by atoms with Gasteiger partial charge in [-0.25, -0.2) is 19.6 Å². The van der Waals surface area contributed by atoms with E-state index < -0.39 is 11.9 Å². The molecule has 0 bridgehead atoms. The van der Waals surface area contributed by atoms with E-state index in [1.54, 1.807) is 40.9 Å². The van der Waals surface area contributed by atoms with Crippen LogP contribution in [0.15, 0.2) is 42.9 Å². The molecule has 4 aromatic heterocycles. The number of anilines is 1. The number of hydrogen-bond acceptors (Lipinski definition) is 7. The highest BCUT2D eigenvalue weighted by Crippen LogP contribution is 2.21. The molecule has 0 aromatic carbocycles. The summed E-state index contributed by atoms with van der Waals surface area (Å²) in [4.78, 5) is 40.1. The molecule has 5 heterocycles. The van der Waals surface area contributed by atoms with Gasteiger partial charge in [0.15, 0.2) is 11.5 Å². The second kappa shape index (κ2) is 7.27. The number of likely N-dealkylation sites (N-methyl/N-ethyl adjacent to an activating group) is 1. The van der Waals surface area contributed by atoms with Crippen molar-refractivity contribution in [3.63, 3.8) is 0 Å². The number of carbonyl (C=O) groups is 2. The topological polar surface area (TPSA) is 124 Å². The van der Waals surface area contributed by atoms with Gasteiger partial charge < -0.3 is 5.32 Å². The lowest BCUT2D eigenvalue weighted by molar-refractivity contribution is -0.120. The molecular weight excluding hydrogens is 398 g/mol. The van der Waals surface area contributed by atoms with Crippen molar-refractivity contribution < 1.29 is 9.59 Å². The van der Waals surface area contributed by atoms with Gasteiger partial charge in [-0.1, -0.05) is 6.07 Å². The molecule has 2 amide bonds. The Balaban J connectivity index is 1.40. The lowest BCUT2D eigenvalue weighted by atomic mass is 10.2. The largest absolute Gasteiger partial charge is 0.337 e. The van der Waals surface area contributed by atoms with Crippen LogP contribution in [-0.4, -0.2) is 59.4 Å². The van der Waals surface area contributed by atoms with E-state index in [1.807, 2.05) is 19.1 Å². The number of fused-ring (bicyclic) bond motifs is 2. The van der Waals surface area contributed by atoms with Gasteiger partial charge in [-0.05, 0) is 25.5 Å². The third-order valence-electron chi connectivity index (χ3n) is 5.17. The fraction of sp³-hybridized carbons (Fsp3) is 0.250. The second-order valence-corrected chi connectivity index (χ2v) is 7.30. The van der Waals surface area contributed by atoms with Crippen molar-refractivity contribution in [1.82, 2.24) is 39.8 Å². The Hall–Kier alpha value is -4.15. The Morgan fingerprint density at radius 1 is 1.23 bits per heavy atom. The molecule has 0 saturated carbocycles. The standard InChI is InChI=1S/C20H19N9O2/c1-12-9-16-27(2)20(31)14(6-8-28(16)26-12)24-19(30)17-22-10-13-11-23-29(18(13)25-17)15-5-3-4-7-21-15/h3-5,7,9-11,14H,6,8H2,1-2H3,(H,24,30)/t14-/m0/s1. The van der Waals surface area contributed by atoms with Gasteiger partial charge in [0.05, 0.1) is 17.3 Å². The van der Waals surface area contributed by atoms with E-state index in [1.165, 1.54) is 11.1 Å². The van der Waals surface area contributed by atoms with Crippen molar-refractivity contribution in [3.05, 3.63) is 54.4 Å². The monoisotopic (exact) mass is 417 g/mol. The molecule has 31 heavy (non-hydrogen) atoms. The third kappa shape index (κ3) is 3.29. The maximum Gasteiger partial charge on any atom is 0.289 e. The molecular formula is C20H19N9O2. The van der Waals surface area contributed by atoms with Crippen molar-refractivity contribution >= 4 is 28.7 Å². The van der Waals surface area contributed by atoms with Crippen molar-refractivity contribution in [3.8, 4) is 5.82 Å². The highest BCUT2D eigenvalue weighted by molar-refractivity contribution is 6.01. The number of carbonyl (C=O) groups excluding carboxylic acids is 2.